The normalized spacial score (nSPS) is 9.81. The van der Waals surface area contributed by atoms with Gasteiger partial charge in [0.15, 0.2) is 0 Å². The number of amides is 1. The number of carbonyl (C=O) groups is 2. The summed E-state index contributed by atoms with van der Waals surface area (Å²) in [6, 6.07) is 9.28. The zero-order valence-corrected chi connectivity index (χ0v) is 9.67. The van der Waals surface area contributed by atoms with Gasteiger partial charge in [0.1, 0.15) is 0 Å². The van der Waals surface area contributed by atoms with Gasteiger partial charge in [-0.05, 0) is 36.6 Å². The van der Waals surface area contributed by atoms with Crippen LogP contribution in [0.2, 0.25) is 0 Å². The number of hydrogen-bond acceptors (Lipinski definition) is 2. The Bertz CT molecular complexity index is 351. The van der Waals surface area contributed by atoms with E-state index in [1.54, 1.807) is 0 Å². The first kappa shape index (κ1) is 12.7. The summed E-state index contributed by atoms with van der Waals surface area (Å²) in [5, 5.41) is 2.43. The molecule has 0 unspecified atom stereocenters. The third-order valence-corrected chi connectivity index (χ3v) is 2.27. The minimum atomic E-state index is -0.344. The van der Waals surface area contributed by atoms with Gasteiger partial charge in [0.05, 0.1) is 0 Å². The van der Waals surface area contributed by atoms with Crippen molar-refractivity contribution in [3.63, 3.8) is 0 Å². The van der Waals surface area contributed by atoms with Gasteiger partial charge in [-0.1, -0.05) is 18.2 Å². The summed E-state index contributed by atoms with van der Waals surface area (Å²) in [6.45, 7) is 0. The Kier molecular flexibility index (Phi) is 5.57. The molecular formula is C12H14ClNO2. The molecule has 1 amide bonds. The summed E-state index contributed by atoms with van der Waals surface area (Å²) in [7, 11) is 0. The van der Waals surface area contributed by atoms with Gasteiger partial charge in [0, 0.05) is 18.5 Å². The quantitative estimate of drug-likeness (QED) is 0.613. The van der Waals surface area contributed by atoms with Crippen molar-refractivity contribution in [2.75, 3.05) is 5.32 Å². The molecule has 0 aromatic heterocycles. The van der Waals surface area contributed by atoms with Crippen LogP contribution in [0.15, 0.2) is 30.3 Å². The van der Waals surface area contributed by atoms with Crippen LogP contribution in [0.4, 0.5) is 5.69 Å². The molecule has 86 valence electrons. The molecule has 0 aliphatic carbocycles. The third-order valence-electron chi connectivity index (χ3n) is 2.08. The molecule has 1 N–H and O–H groups in total. The van der Waals surface area contributed by atoms with Gasteiger partial charge in [-0.3, -0.25) is 9.59 Å². The molecule has 16 heavy (non-hydrogen) atoms. The molecule has 0 aliphatic rings. The first-order valence-corrected chi connectivity index (χ1v) is 5.59. The van der Waals surface area contributed by atoms with Crippen LogP contribution in [-0.2, 0) is 9.59 Å². The smallest absolute Gasteiger partial charge is 0.224 e. The van der Waals surface area contributed by atoms with Gasteiger partial charge in [-0.25, -0.2) is 0 Å². The Hall–Kier alpha value is -1.35. The fourth-order valence-electron chi connectivity index (χ4n) is 1.29. The van der Waals surface area contributed by atoms with Crippen molar-refractivity contribution < 1.29 is 9.59 Å². The van der Waals surface area contributed by atoms with Gasteiger partial charge in [0.25, 0.3) is 0 Å². The second kappa shape index (κ2) is 7.01. The molecule has 1 aromatic carbocycles. The summed E-state index contributed by atoms with van der Waals surface area (Å²) in [5.74, 6) is -0.0341. The minimum Gasteiger partial charge on any atom is -0.326 e. The minimum absolute atomic E-state index is 0.0341. The van der Waals surface area contributed by atoms with Gasteiger partial charge >= 0.3 is 0 Å². The highest BCUT2D eigenvalue weighted by molar-refractivity contribution is 6.63. The number of hydrogen-bond donors (Lipinski definition) is 1. The van der Waals surface area contributed by atoms with E-state index in [-0.39, 0.29) is 11.1 Å². The average molecular weight is 240 g/mol. The van der Waals surface area contributed by atoms with Gasteiger partial charge in [-0.15, -0.1) is 0 Å². The summed E-state index contributed by atoms with van der Waals surface area (Å²) in [5.41, 5.74) is 0.793. The topological polar surface area (TPSA) is 46.2 Å². The second-order valence-corrected chi connectivity index (χ2v) is 3.90. The molecule has 0 atom stereocenters. The zero-order valence-electron chi connectivity index (χ0n) is 8.91. The second-order valence-electron chi connectivity index (χ2n) is 3.48. The number of benzene rings is 1. The van der Waals surface area contributed by atoms with Crippen molar-refractivity contribution in [3.05, 3.63) is 30.3 Å². The maximum Gasteiger partial charge on any atom is 0.224 e. The molecule has 0 saturated carbocycles. The molecule has 3 nitrogen and oxygen atoms in total. The van der Waals surface area contributed by atoms with Crippen LogP contribution >= 0.6 is 11.6 Å². The van der Waals surface area contributed by atoms with E-state index in [9.17, 15) is 9.59 Å². The van der Waals surface area contributed by atoms with Crippen LogP contribution in [0.1, 0.15) is 25.7 Å². The van der Waals surface area contributed by atoms with Crippen LogP contribution in [0.25, 0.3) is 0 Å². The maximum absolute atomic E-state index is 11.4. The predicted octanol–water partition coefficient (Wildman–Crippen LogP) is 2.95. The molecule has 0 bridgehead atoms. The Morgan fingerprint density at radius 3 is 2.31 bits per heavy atom. The van der Waals surface area contributed by atoms with Crippen molar-refractivity contribution in [3.8, 4) is 0 Å². The Morgan fingerprint density at radius 2 is 1.69 bits per heavy atom. The van der Waals surface area contributed by atoms with Gasteiger partial charge in [0.2, 0.25) is 11.1 Å². The third kappa shape index (κ3) is 5.51. The number of nitrogens with one attached hydrogen (secondary N) is 1. The Labute approximate surface area is 99.8 Å². The van der Waals surface area contributed by atoms with E-state index < -0.39 is 0 Å². The molecule has 0 radical (unpaired) electrons. The number of halogens is 1. The molecule has 0 fully saturated rings. The zero-order chi connectivity index (χ0) is 11.8. The van der Waals surface area contributed by atoms with Crippen molar-refractivity contribution in [1.29, 1.82) is 0 Å². The predicted molar refractivity (Wildman–Crippen MR) is 64.4 cm³/mol. The number of carbonyl (C=O) groups excluding carboxylic acids is 2. The fourth-order valence-corrected chi connectivity index (χ4v) is 1.43. The van der Waals surface area contributed by atoms with Crippen LogP contribution < -0.4 is 5.32 Å². The van der Waals surface area contributed by atoms with E-state index in [0.717, 1.165) is 5.69 Å². The first-order valence-electron chi connectivity index (χ1n) is 5.22. The number of rotatable bonds is 6. The average Bonchev–Trinajstić information content (AvgIpc) is 2.25. The summed E-state index contributed by atoms with van der Waals surface area (Å²) in [6.07, 6.45) is 2.08. The highest BCUT2D eigenvalue weighted by Gasteiger charge is 2.02. The summed E-state index contributed by atoms with van der Waals surface area (Å²) >= 11 is 5.18. The molecule has 0 spiro atoms. The van der Waals surface area contributed by atoms with Crippen molar-refractivity contribution in [1.82, 2.24) is 0 Å². The van der Waals surface area contributed by atoms with Crippen molar-refractivity contribution in [2.24, 2.45) is 0 Å². The number of para-hydroxylation sites is 1. The summed E-state index contributed by atoms with van der Waals surface area (Å²) < 4.78 is 0. The van der Waals surface area contributed by atoms with E-state index in [2.05, 4.69) is 5.32 Å². The largest absolute Gasteiger partial charge is 0.326 e. The highest BCUT2D eigenvalue weighted by Crippen LogP contribution is 2.08. The van der Waals surface area contributed by atoms with E-state index in [4.69, 9.17) is 11.6 Å². The van der Waals surface area contributed by atoms with Crippen LogP contribution in [-0.4, -0.2) is 11.1 Å². The monoisotopic (exact) mass is 239 g/mol. The van der Waals surface area contributed by atoms with E-state index in [1.165, 1.54) is 0 Å². The van der Waals surface area contributed by atoms with E-state index in [0.29, 0.717) is 25.7 Å². The van der Waals surface area contributed by atoms with Crippen LogP contribution in [0, 0.1) is 0 Å². The molecule has 0 aliphatic heterocycles. The van der Waals surface area contributed by atoms with Crippen molar-refractivity contribution >= 4 is 28.4 Å². The molecule has 1 aromatic rings. The van der Waals surface area contributed by atoms with Crippen molar-refractivity contribution in [2.45, 2.75) is 25.7 Å². The van der Waals surface area contributed by atoms with Gasteiger partial charge < -0.3 is 5.32 Å². The van der Waals surface area contributed by atoms with E-state index >= 15 is 0 Å². The van der Waals surface area contributed by atoms with E-state index in [1.807, 2.05) is 30.3 Å². The summed E-state index contributed by atoms with van der Waals surface area (Å²) in [4.78, 5) is 21.9. The maximum atomic E-state index is 11.4. The Morgan fingerprint density at radius 1 is 1.06 bits per heavy atom. The molecule has 1 rings (SSSR count). The Balaban J connectivity index is 2.19. The lowest BCUT2D eigenvalue weighted by Crippen LogP contribution is -2.10. The number of anilines is 1. The van der Waals surface area contributed by atoms with Crippen LogP contribution in [0.5, 0.6) is 0 Å². The van der Waals surface area contributed by atoms with Gasteiger partial charge in [-0.2, -0.15) is 0 Å². The lowest BCUT2D eigenvalue weighted by atomic mass is 10.2. The molecule has 0 heterocycles. The lowest BCUT2D eigenvalue weighted by molar-refractivity contribution is -0.116. The highest BCUT2D eigenvalue weighted by atomic mass is 35.5. The van der Waals surface area contributed by atoms with Crippen LogP contribution in [0.3, 0.4) is 0 Å². The molecular weight excluding hydrogens is 226 g/mol. The fraction of sp³-hybridized carbons (Fsp3) is 0.333. The molecule has 4 heteroatoms. The number of unbranched alkanes of at least 4 members (excludes halogenated alkanes) is 1. The molecule has 0 saturated heterocycles. The lowest BCUT2D eigenvalue weighted by Gasteiger charge is -2.03. The first-order chi connectivity index (χ1) is 7.68. The SMILES string of the molecule is O=C(Cl)CCCCC(=O)Nc1ccccc1. The standard InChI is InChI=1S/C12H14ClNO2/c13-11(15)8-4-5-9-12(16)14-10-6-2-1-3-7-10/h1-3,6-7H,4-5,8-9H2,(H,14,16).